The molecular weight excluding hydrogens is 526 g/mol. The van der Waals surface area contributed by atoms with Crippen LogP contribution in [0.3, 0.4) is 0 Å². The Morgan fingerprint density at radius 3 is 1.93 bits per heavy atom. The molecule has 9 aromatic rings. The number of benzene rings is 7. The second-order valence-corrected chi connectivity index (χ2v) is 10.9. The summed E-state index contributed by atoms with van der Waals surface area (Å²) in [4.78, 5) is 2.29. The van der Waals surface area contributed by atoms with Gasteiger partial charge < -0.3 is 13.7 Å². The van der Waals surface area contributed by atoms with Crippen LogP contribution in [-0.4, -0.2) is 0 Å². The van der Waals surface area contributed by atoms with Gasteiger partial charge in [0.25, 0.3) is 0 Å². The fourth-order valence-electron chi connectivity index (χ4n) is 6.45. The van der Waals surface area contributed by atoms with E-state index in [0.29, 0.717) is 0 Å². The van der Waals surface area contributed by atoms with E-state index in [1.54, 1.807) is 0 Å². The zero-order chi connectivity index (χ0) is 28.3. The van der Waals surface area contributed by atoms with Gasteiger partial charge in [-0.15, -0.1) is 0 Å². The normalized spacial score (nSPS) is 11.7. The van der Waals surface area contributed by atoms with Crippen molar-refractivity contribution in [3.05, 3.63) is 152 Å². The number of nitrogens with zero attached hydrogens (tertiary/aromatic N) is 1. The van der Waals surface area contributed by atoms with Crippen molar-refractivity contribution in [3.8, 4) is 11.1 Å². The Labute approximate surface area is 247 Å². The Morgan fingerprint density at radius 2 is 1.07 bits per heavy atom. The Balaban J connectivity index is 1.35. The van der Waals surface area contributed by atoms with Crippen LogP contribution in [0.5, 0.6) is 0 Å². The van der Waals surface area contributed by atoms with Crippen LogP contribution in [0, 0.1) is 0 Å². The summed E-state index contributed by atoms with van der Waals surface area (Å²) >= 11 is 0. The molecule has 3 nitrogen and oxygen atoms in total. The van der Waals surface area contributed by atoms with E-state index in [1.807, 2.05) is 18.2 Å². The molecule has 43 heavy (non-hydrogen) atoms. The summed E-state index contributed by atoms with van der Waals surface area (Å²) in [5, 5.41) is 6.81. The SMILES string of the molecule is c1ccc(-c2ccc(N(c3ccc4ccccc4c3)c3ccc4c(c3)oc3ccccc34)c3oc4ccccc4c23)cc1. The first-order valence-electron chi connectivity index (χ1n) is 14.5. The number of para-hydroxylation sites is 2. The van der Waals surface area contributed by atoms with Crippen LogP contribution in [0.15, 0.2) is 160 Å². The smallest absolute Gasteiger partial charge is 0.160 e. The van der Waals surface area contributed by atoms with Crippen LogP contribution in [0.4, 0.5) is 17.1 Å². The quantitative estimate of drug-likeness (QED) is 0.218. The van der Waals surface area contributed by atoms with Gasteiger partial charge in [0, 0.05) is 33.3 Å². The minimum Gasteiger partial charge on any atom is -0.456 e. The number of rotatable bonds is 4. The van der Waals surface area contributed by atoms with Crippen LogP contribution >= 0.6 is 0 Å². The third-order valence-electron chi connectivity index (χ3n) is 8.44. The van der Waals surface area contributed by atoms with E-state index < -0.39 is 0 Å². The predicted octanol–water partition coefficient (Wildman–Crippen LogP) is 11.8. The average molecular weight is 552 g/mol. The van der Waals surface area contributed by atoms with E-state index in [9.17, 15) is 0 Å². The molecule has 0 radical (unpaired) electrons. The van der Waals surface area contributed by atoms with Crippen LogP contribution < -0.4 is 4.90 Å². The zero-order valence-electron chi connectivity index (χ0n) is 23.2. The van der Waals surface area contributed by atoms with Crippen molar-refractivity contribution >= 4 is 71.7 Å². The molecule has 7 aromatic carbocycles. The largest absolute Gasteiger partial charge is 0.456 e. The lowest BCUT2D eigenvalue weighted by molar-refractivity contribution is 0.667. The van der Waals surface area contributed by atoms with E-state index in [1.165, 1.54) is 10.8 Å². The highest BCUT2D eigenvalue weighted by atomic mass is 16.3. The second kappa shape index (κ2) is 9.37. The Kier molecular flexibility index (Phi) is 5.20. The van der Waals surface area contributed by atoms with Crippen molar-refractivity contribution in [2.24, 2.45) is 0 Å². The number of anilines is 3. The van der Waals surface area contributed by atoms with Gasteiger partial charge in [-0.2, -0.15) is 0 Å². The maximum absolute atomic E-state index is 6.73. The lowest BCUT2D eigenvalue weighted by Gasteiger charge is -2.26. The molecule has 0 atom stereocenters. The molecule has 9 rings (SSSR count). The Hall–Kier alpha value is -5.80. The van der Waals surface area contributed by atoms with E-state index in [-0.39, 0.29) is 0 Å². The summed E-state index contributed by atoms with van der Waals surface area (Å²) in [5.41, 5.74) is 8.77. The number of fused-ring (bicyclic) bond motifs is 7. The highest BCUT2D eigenvalue weighted by molar-refractivity contribution is 6.17. The molecule has 0 N–H and O–H groups in total. The second-order valence-electron chi connectivity index (χ2n) is 10.9. The molecule has 0 amide bonds. The molecule has 0 fully saturated rings. The summed E-state index contributed by atoms with van der Waals surface area (Å²) in [5.74, 6) is 0. The summed E-state index contributed by atoms with van der Waals surface area (Å²) in [6.45, 7) is 0. The fourth-order valence-corrected chi connectivity index (χ4v) is 6.45. The van der Waals surface area contributed by atoms with Crippen molar-refractivity contribution in [2.75, 3.05) is 4.90 Å². The zero-order valence-corrected chi connectivity index (χ0v) is 23.2. The van der Waals surface area contributed by atoms with Gasteiger partial charge in [0.15, 0.2) is 5.58 Å². The molecule has 3 heteroatoms. The minimum atomic E-state index is 0.848. The van der Waals surface area contributed by atoms with Crippen molar-refractivity contribution in [3.63, 3.8) is 0 Å². The van der Waals surface area contributed by atoms with Crippen LogP contribution in [-0.2, 0) is 0 Å². The minimum absolute atomic E-state index is 0.848. The first-order chi connectivity index (χ1) is 21.3. The summed E-state index contributed by atoms with van der Waals surface area (Å²) < 4.78 is 13.1. The average Bonchev–Trinajstić information content (AvgIpc) is 3.64. The standard InChI is InChI=1S/C40H25NO2/c1-2-11-27(12-3-1)31-22-23-35(40-39(31)34-15-7-9-17-37(34)43-40)41(29-19-18-26-10-4-5-13-28(26)24-29)30-20-21-33-32-14-6-8-16-36(32)42-38(33)25-30/h1-25H. The Morgan fingerprint density at radius 1 is 0.419 bits per heavy atom. The molecule has 0 unspecified atom stereocenters. The van der Waals surface area contributed by atoms with E-state index >= 15 is 0 Å². The molecule has 0 saturated heterocycles. The molecule has 202 valence electrons. The maximum Gasteiger partial charge on any atom is 0.160 e. The lowest BCUT2D eigenvalue weighted by Crippen LogP contribution is -2.10. The van der Waals surface area contributed by atoms with Gasteiger partial charge in [-0.05, 0) is 64.4 Å². The lowest BCUT2D eigenvalue weighted by atomic mass is 9.98. The molecule has 2 aromatic heterocycles. The number of furan rings is 2. The molecule has 2 heterocycles. The van der Waals surface area contributed by atoms with Crippen LogP contribution in [0.1, 0.15) is 0 Å². The van der Waals surface area contributed by atoms with Crippen molar-refractivity contribution in [1.82, 2.24) is 0 Å². The summed E-state index contributed by atoms with van der Waals surface area (Å²) in [6, 6.07) is 53.1. The van der Waals surface area contributed by atoms with Crippen LogP contribution in [0.2, 0.25) is 0 Å². The number of hydrogen-bond acceptors (Lipinski definition) is 3. The van der Waals surface area contributed by atoms with Gasteiger partial charge in [0.05, 0.1) is 11.4 Å². The molecule has 0 aliphatic heterocycles. The number of hydrogen-bond donors (Lipinski definition) is 0. The van der Waals surface area contributed by atoms with Gasteiger partial charge >= 0.3 is 0 Å². The molecular formula is C40H25NO2. The monoisotopic (exact) mass is 551 g/mol. The predicted molar refractivity (Wildman–Crippen MR) is 179 cm³/mol. The molecule has 0 aliphatic rings. The van der Waals surface area contributed by atoms with Crippen LogP contribution in [0.25, 0.3) is 65.8 Å². The van der Waals surface area contributed by atoms with E-state index in [0.717, 1.165) is 72.1 Å². The first kappa shape index (κ1) is 23.9. The van der Waals surface area contributed by atoms with Gasteiger partial charge in [-0.25, -0.2) is 0 Å². The molecule has 0 bridgehead atoms. The molecule has 0 spiro atoms. The van der Waals surface area contributed by atoms with Gasteiger partial charge in [-0.3, -0.25) is 0 Å². The van der Waals surface area contributed by atoms with Crippen molar-refractivity contribution in [1.29, 1.82) is 0 Å². The third kappa shape index (κ3) is 3.75. The topological polar surface area (TPSA) is 29.5 Å². The maximum atomic E-state index is 6.73. The summed E-state index contributed by atoms with van der Waals surface area (Å²) in [6.07, 6.45) is 0. The highest BCUT2D eigenvalue weighted by Crippen LogP contribution is 2.46. The van der Waals surface area contributed by atoms with E-state index in [4.69, 9.17) is 8.83 Å². The highest BCUT2D eigenvalue weighted by Gasteiger charge is 2.23. The van der Waals surface area contributed by atoms with E-state index in [2.05, 4.69) is 138 Å². The summed E-state index contributed by atoms with van der Waals surface area (Å²) in [7, 11) is 0. The third-order valence-corrected chi connectivity index (χ3v) is 8.44. The van der Waals surface area contributed by atoms with Gasteiger partial charge in [0.2, 0.25) is 0 Å². The Bertz CT molecular complexity index is 2470. The fraction of sp³-hybridized carbons (Fsp3) is 0. The van der Waals surface area contributed by atoms with Crippen molar-refractivity contribution < 1.29 is 8.83 Å². The van der Waals surface area contributed by atoms with Gasteiger partial charge in [-0.1, -0.05) is 103 Å². The van der Waals surface area contributed by atoms with Gasteiger partial charge in [0.1, 0.15) is 16.7 Å². The molecule has 0 saturated carbocycles. The molecule has 0 aliphatic carbocycles. The van der Waals surface area contributed by atoms with Crippen molar-refractivity contribution in [2.45, 2.75) is 0 Å². The first-order valence-corrected chi connectivity index (χ1v) is 14.5.